The van der Waals surface area contributed by atoms with Crippen LogP contribution in [0.25, 0.3) is 5.57 Å². The van der Waals surface area contributed by atoms with Crippen molar-refractivity contribution < 1.29 is 14.5 Å². The maximum absolute atomic E-state index is 13.4. The van der Waals surface area contributed by atoms with Crippen molar-refractivity contribution in [2.24, 2.45) is 0 Å². The Labute approximate surface area is 189 Å². The number of aryl methyl sites for hydroxylation is 1. The number of carbonyl (C=O) groups excluding carboxylic acids is 2. The van der Waals surface area contributed by atoms with E-state index in [1.807, 2.05) is 32.0 Å². The van der Waals surface area contributed by atoms with Gasteiger partial charge in [0.15, 0.2) is 0 Å². The number of hydrogen-bond acceptors (Lipinski definition) is 5. The van der Waals surface area contributed by atoms with Crippen LogP contribution in [-0.2, 0) is 9.59 Å². The van der Waals surface area contributed by atoms with Crippen LogP contribution in [0.15, 0.2) is 72.4 Å². The van der Waals surface area contributed by atoms with Gasteiger partial charge in [0, 0.05) is 22.8 Å². The van der Waals surface area contributed by atoms with Gasteiger partial charge < -0.3 is 5.32 Å². The molecule has 0 aliphatic carbocycles. The van der Waals surface area contributed by atoms with Gasteiger partial charge in [-0.3, -0.25) is 19.7 Å². The number of nitro benzene ring substituents is 1. The summed E-state index contributed by atoms with van der Waals surface area (Å²) in [5, 5.41) is 14.5. The van der Waals surface area contributed by atoms with E-state index in [1.165, 1.54) is 30.3 Å². The number of imide groups is 1. The van der Waals surface area contributed by atoms with Crippen molar-refractivity contribution in [1.82, 2.24) is 0 Å². The molecule has 1 aliphatic rings. The highest BCUT2D eigenvalue weighted by atomic mass is 35.5. The van der Waals surface area contributed by atoms with E-state index in [-0.39, 0.29) is 17.0 Å². The van der Waals surface area contributed by atoms with E-state index in [9.17, 15) is 19.7 Å². The van der Waals surface area contributed by atoms with Crippen molar-refractivity contribution in [3.05, 3.63) is 104 Å². The van der Waals surface area contributed by atoms with Crippen molar-refractivity contribution in [3.8, 4) is 0 Å². The molecule has 0 radical (unpaired) electrons. The van der Waals surface area contributed by atoms with E-state index >= 15 is 0 Å². The summed E-state index contributed by atoms with van der Waals surface area (Å²) in [4.78, 5) is 38.4. The van der Waals surface area contributed by atoms with Gasteiger partial charge in [-0.1, -0.05) is 29.8 Å². The molecule has 8 heteroatoms. The summed E-state index contributed by atoms with van der Waals surface area (Å²) < 4.78 is 0. The van der Waals surface area contributed by atoms with Gasteiger partial charge in [0.05, 0.1) is 16.2 Å². The first-order valence-electron chi connectivity index (χ1n) is 9.74. The number of rotatable bonds is 5. The van der Waals surface area contributed by atoms with Crippen LogP contribution in [0.5, 0.6) is 0 Å². The summed E-state index contributed by atoms with van der Waals surface area (Å²) >= 11 is 6.08. The molecule has 0 saturated heterocycles. The molecule has 0 fully saturated rings. The van der Waals surface area contributed by atoms with Gasteiger partial charge in [-0.25, -0.2) is 4.90 Å². The molecular formula is C24H18ClN3O4. The lowest BCUT2D eigenvalue weighted by Crippen LogP contribution is -2.32. The third-order valence-electron chi connectivity index (χ3n) is 5.38. The number of halogens is 1. The van der Waals surface area contributed by atoms with Gasteiger partial charge in [-0.05, 0) is 66.9 Å². The van der Waals surface area contributed by atoms with E-state index in [1.54, 1.807) is 18.2 Å². The van der Waals surface area contributed by atoms with Crippen molar-refractivity contribution in [3.63, 3.8) is 0 Å². The maximum Gasteiger partial charge on any atom is 0.282 e. The van der Waals surface area contributed by atoms with Crippen molar-refractivity contribution in [2.75, 3.05) is 10.2 Å². The van der Waals surface area contributed by atoms with Crippen molar-refractivity contribution >= 4 is 46.1 Å². The molecule has 1 N–H and O–H groups in total. The van der Waals surface area contributed by atoms with Crippen LogP contribution < -0.4 is 10.2 Å². The number of hydrogen-bond donors (Lipinski definition) is 1. The van der Waals surface area contributed by atoms with Gasteiger partial charge in [0.1, 0.15) is 5.70 Å². The van der Waals surface area contributed by atoms with Gasteiger partial charge in [0.2, 0.25) is 0 Å². The van der Waals surface area contributed by atoms with Crippen LogP contribution in [0.3, 0.4) is 0 Å². The minimum absolute atomic E-state index is 0.0949. The fourth-order valence-electron chi connectivity index (χ4n) is 3.53. The predicted octanol–water partition coefficient (Wildman–Crippen LogP) is 5.26. The molecule has 32 heavy (non-hydrogen) atoms. The lowest BCUT2D eigenvalue weighted by molar-refractivity contribution is -0.384. The minimum Gasteiger partial charge on any atom is -0.350 e. The molecule has 1 aliphatic heterocycles. The maximum atomic E-state index is 13.4. The number of non-ortho nitro benzene ring substituents is 1. The van der Waals surface area contributed by atoms with E-state index in [0.29, 0.717) is 22.0 Å². The summed E-state index contributed by atoms with van der Waals surface area (Å²) in [7, 11) is 0. The van der Waals surface area contributed by atoms with Gasteiger partial charge >= 0.3 is 0 Å². The molecule has 0 saturated carbocycles. The normalized spacial score (nSPS) is 13.7. The molecule has 0 aromatic heterocycles. The molecule has 7 nitrogen and oxygen atoms in total. The van der Waals surface area contributed by atoms with Crippen molar-refractivity contribution in [2.45, 2.75) is 13.8 Å². The number of amides is 2. The molecule has 0 bridgehead atoms. The molecule has 0 spiro atoms. The van der Waals surface area contributed by atoms with Gasteiger partial charge in [0.25, 0.3) is 17.5 Å². The SMILES string of the molecule is Cc1cccc(NC2=C(c3ccc([N+](=O)[O-])cc3)C(=O)N(c3cccc(Cl)c3)C2=O)c1C. The fraction of sp³-hybridized carbons (Fsp3) is 0.0833. The smallest absolute Gasteiger partial charge is 0.282 e. The zero-order chi connectivity index (χ0) is 23.0. The highest BCUT2D eigenvalue weighted by Crippen LogP contribution is 2.35. The Morgan fingerprint density at radius 3 is 2.28 bits per heavy atom. The lowest BCUT2D eigenvalue weighted by Gasteiger charge is -2.16. The molecule has 1 heterocycles. The number of anilines is 2. The lowest BCUT2D eigenvalue weighted by atomic mass is 10.0. The average molecular weight is 448 g/mol. The zero-order valence-electron chi connectivity index (χ0n) is 17.3. The Balaban J connectivity index is 1.85. The largest absolute Gasteiger partial charge is 0.350 e. The van der Waals surface area contributed by atoms with Crippen LogP contribution >= 0.6 is 11.6 Å². The summed E-state index contributed by atoms with van der Waals surface area (Å²) in [5.41, 5.74) is 3.50. The highest BCUT2D eigenvalue weighted by molar-refractivity contribution is 6.46. The molecule has 160 valence electrons. The topological polar surface area (TPSA) is 92.6 Å². The first kappa shape index (κ1) is 21.3. The number of benzene rings is 3. The standard InChI is InChI=1S/C24H18ClN3O4/c1-14-5-3-8-20(15(14)2)26-22-21(16-9-11-18(12-10-16)28(31)32)23(29)27(24(22)30)19-7-4-6-17(25)13-19/h3-13,26H,1-2H3. The highest BCUT2D eigenvalue weighted by Gasteiger charge is 2.40. The molecule has 0 atom stereocenters. The molecule has 2 amide bonds. The number of nitrogens with one attached hydrogen (secondary N) is 1. The van der Waals surface area contributed by atoms with Gasteiger partial charge in [-0.15, -0.1) is 0 Å². The summed E-state index contributed by atoms with van der Waals surface area (Å²) in [5.74, 6) is -1.08. The second kappa shape index (κ2) is 8.28. The second-order valence-corrected chi connectivity index (χ2v) is 7.79. The summed E-state index contributed by atoms with van der Waals surface area (Å²) in [6.07, 6.45) is 0. The predicted molar refractivity (Wildman–Crippen MR) is 124 cm³/mol. The Morgan fingerprint density at radius 1 is 0.938 bits per heavy atom. The van der Waals surface area contributed by atoms with Crippen LogP contribution in [0, 0.1) is 24.0 Å². The van der Waals surface area contributed by atoms with Crippen LogP contribution in [0.2, 0.25) is 5.02 Å². The molecule has 3 aromatic carbocycles. The minimum atomic E-state index is -0.543. The quantitative estimate of drug-likeness (QED) is 0.327. The van der Waals surface area contributed by atoms with E-state index in [4.69, 9.17) is 11.6 Å². The molecule has 4 rings (SSSR count). The van der Waals surface area contributed by atoms with Crippen LogP contribution in [0.1, 0.15) is 16.7 Å². The van der Waals surface area contributed by atoms with Crippen molar-refractivity contribution in [1.29, 1.82) is 0 Å². The fourth-order valence-corrected chi connectivity index (χ4v) is 3.72. The first-order valence-corrected chi connectivity index (χ1v) is 10.1. The number of carbonyl (C=O) groups is 2. The van der Waals surface area contributed by atoms with Gasteiger partial charge in [-0.2, -0.15) is 0 Å². The zero-order valence-corrected chi connectivity index (χ0v) is 18.0. The Morgan fingerprint density at radius 2 is 1.62 bits per heavy atom. The summed E-state index contributed by atoms with van der Waals surface area (Å²) in [6, 6.07) is 17.6. The third-order valence-corrected chi connectivity index (χ3v) is 5.62. The monoisotopic (exact) mass is 447 g/mol. The van der Waals surface area contributed by atoms with Crippen LogP contribution in [-0.4, -0.2) is 16.7 Å². The first-order chi connectivity index (χ1) is 15.3. The van der Waals surface area contributed by atoms with E-state index in [2.05, 4.69) is 5.32 Å². The summed E-state index contributed by atoms with van der Waals surface area (Å²) in [6.45, 7) is 3.87. The molecule has 0 unspecified atom stereocenters. The van der Waals surface area contributed by atoms with E-state index < -0.39 is 16.7 Å². The average Bonchev–Trinajstić information content (AvgIpc) is 3.01. The molecule has 3 aromatic rings. The molecular weight excluding hydrogens is 430 g/mol. The number of nitro groups is 1. The van der Waals surface area contributed by atoms with E-state index in [0.717, 1.165) is 16.0 Å². The Bertz CT molecular complexity index is 1300. The Kier molecular flexibility index (Phi) is 5.50. The second-order valence-electron chi connectivity index (χ2n) is 7.35. The third kappa shape index (κ3) is 3.74. The Hall–Kier alpha value is -3.97. The van der Waals surface area contributed by atoms with Crippen LogP contribution in [0.4, 0.5) is 17.1 Å². The number of nitrogens with zero attached hydrogens (tertiary/aromatic N) is 2.